The van der Waals surface area contributed by atoms with E-state index in [0.29, 0.717) is 13.1 Å². The summed E-state index contributed by atoms with van der Waals surface area (Å²) in [6, 6.07) is 0. The fourth-order valence-corrected chi connectivity index (χ4v) is 4.02. The average Bonchev–Trinajstić information content (AvgIpc) is 2.69. The van der Waals surface area contributed by atoms with Gasteiger partial charge in [-0.15, -0.1) is 10.2 Å². The van der Waals surface area contributed by atoms with Gasteiger partial charge in [0, 0.05) is 33.1 Å². The highest BCUT2D eigenvalue weighted by Crippen LogP contribution is 2.16. The minimum absolute atomic E-state index is 0.270. The van der Waals surface area contributed by atoms with Crippen LogP contribution in [-0.2, 0) is 29.7 Å². The van der Waals surface area contributed by atoms with E-state index in [1.54, 1.807) is 7.05 Å². The van der Waals surface area contributed by atoms with Crippen molar-refractivity contribution in [3.8, 4) is 0 Å². The largest absolute Gasteiger partial charge is 0.314 e. The van der Waals surface area contributed by atoms with E-state index < -0.39 is 10.2 Å². The van der Waals surface area contributed by atoms with Gasteiger partial charge < -0.3 is 4.57 Å². The predicted octanol–water partition coefficient (Wildman–Crippen LogP) is 1.02. The summed E-state index contributed by atoms with van der Waals surface area (Å²) in [5.74, 6) is 1.72. The quantitative estimate of drug-likeness (QED) is 0.786. The zero-order valence-electron chi connectivity index (χ0n) is 13.1. The molecule has 2 rings (SSSR count). The summed E-state index contributed by atoms with van der Waals surface area (Å²) < 4.78 is 29.8. The molecule has 1 aliphatic heterocycles. The van der Waals surface area contributed by atoms with Crippen LogP contribution in [0.4, 0.5) is 0 Å². The van der Waals surface area contributed by atoms with Gasteiger partial charge in [-0.3, -0.25) is 0 Å². The Balaban J connectivity index is 2.16. The van der Waals surface area contributed by atoms with Crippen molar-refractivity contribution in [2.75, 3.05) is 20.1 Å². The van der Waals surface area contributed by atoms with Crippen LogP contribution < -0.4 is 0 Å². The summed E-state index contributed by atoms with van der Waals surface area (Å²) in [7, 11) is -1.82. The first-order valence-corrected chi connectivity index (χ1v) is 9.02. The van der Waals surface area contributed by atoms with E-state index in [1.807, 2.05) is 13.8 Å². The molecule has 0 spiro atoms. The van der Waals surface area contributed by atoms with Gasteiger partial charge in [0.1, 0.15) is 11.6 Å². The molecule has 1 aromatic rings. The van der Waals surface area contributed by atoms with Gasteiger partial charge in [0.25, 0.3) is 10.2 Å². The van der Waals surface area contributed by atoms with Crippen LogP contribution in [0, 0.1) is 0 Å². The highest BCUT2D eigenvalue weighted by molar-refractivity contribution is 7.86. The van der Waals surface area contributed by atoms with E-state index in [1.165, 1.54) is 15.0 Å². The summed E-state index contributed by atoms with van der Waals surface area (Å²) in [4.78, 5) is 0. The minimum atomic E-state index is -3.43. The van der Waals surface area contributed by atoms with E-state index in [0.717, 1.165) is 37.5 Å². The van der Waals surface area contributed by atoms with Crippen molar-refractivity contribution in [1.82, 2.24) is 23.4 Å². The van der Waals surface area contributed by atoms with Crippen LogP contribution in [0.5, 0.6) is 0 Å². The van der Waals surface area contributed by atoms with Crippen LogP contribution in [0.15, 0.2) is 0 Å². The molecular formula is C13H25N5O2S. The molecule has 1 aromatic heterocycles. The monoisotopic (exact) mass is 315 g/mol. The van der Waals surface area contributed by atoms with E-state index in [-0.39, 0.29) is 6.54 Å². The first-order valence-electron chi connectivity index (χ1n) is 7.63. The van der Waals surface area contributed by atoms with E-state index in [2.05, 4.69) is 14.8 Å². The standard InChI is InChI=1S/C13H25N5O2S/c1-4-17(5-2)21(19,20)16(3)11-13-15-14-12-9-7-6-8-10-18(12)13/h4-11H2,1-3H3. The Labute approximate surface area is 127 Å². The van der Waals surface area contributed by atoms with Gasteiger partial charge in [-0.1, -0.05) is 20.3 Å². The van der Waals surface area contributed by atoms with Gasteiger partial charge in [0.15, 0.2) is 0 Å². The number of aryl methyl sites for hydroxylation is 1. The second-order valence-corrected chi connectivity index (χ2v) is 7.38. The van der Waals surface area contributed by atoms with Gasteiger partial charge in [-0.2, -0.15) is 17.0 Å². The van der Waals surface area contributed by atoms with Gasteiger partial charge in [-0.25, -0.2) is 0 Å². The van der Waals surface area contributed by atoms with Crippen molar-refractivity contribution in [1.29, 1.82) is 0 Å². The molecule has 0 fully saturated rings. The molecule has 0 aromatic carbocycles. The topological polar surface area (TPSA) is 71.3 Å². The summed E-state index contributed by atoms with van der Waals surface area (Å²) in [5, 5.41) is 8.41. The van der Waals surface area contributed by atoms with Crippen LogP contribution >= 0.6 is 0 Å². The van der Waals surface area contributed by atoms with Gasteiger partial charge in [-0.05, 0) is 12.8 Å². The Morgan fingerprint density at radius 1 is 1.14 bits per heavy atom. The van der Waals surface area contributed by atoms with Crippen molar-refractivity contribution in [3.63, 3.8) is 0 Å². The lowest BCUT2D eigenvalue weighted by Gasteiger charge is -2.25. The zero-order chi connectivity index (χ0) is 15.5. The average molecular weight is 315 g/mol. The molecule has 0 radical (unpaired) electrons. The molecule has 0 aliphatic carbocycles. The van der Waals surface area contributed by atoms with Crippen LogP contribution in [0.2, 0.25) is 0 Å². The van der Waals surface area contributed by atoms with E-state index in [4.69, 9.17) is 0 Å². The zero-order valence-corrected chi connectivity index (χ0v) is 13.9. The highest BCUT2D eigenvalue weighted by atomic mass is 32.2. The van der Waals surface area contributed by atoms with E-state index >= 15 is 0 Å². The SMILES string of the molecule is CCN(CC)S(=O)(=O)N(C)Cc1nnc2n1CCCCC2. The maximum absolute atomic E-state index is 12.4. The lowest BCUT2D eigenvalue weighted by Crippen LogP contribution is -2.41. The van der Waals surface area contributed by atoms with Gasteiger partial charge in [0.05, 0.1) is 6.54 Å². The smallest absolute Gasteiger partial charge is 0.282 e. The number of aromatic nitrogens is 3. The highest BCUT2D eigenvalue weighted by Gasteiger charge is 2.26. The molecule has 120 valence electrons. The Morgan fingerprint density at radius 3 is 2.52 bits per heavy atom. The van der Waals surface area contributed by atoms with Crippen molar-refractivity contribution in [2.45, 2.75) is 52.6 Å². The molecule has 21 heavy (non-hydrogen) atoms. The maximum atomic E-state index is 12.4. The van der Waals surface area contributed by atoms with Crippen LogP contribution in [-0.4, -0.2) is 51.9 Å². The van der Waals surface area contributed by atoms with E-state index in [9.17, 15) is 8.42 Å². The normalized spacial score (nSPS) is 16.2. The summed E-state index contributed by atoms with van der Waals surface area (Å²) >= 11 is 0. The lowest BCUT2D eigenvalue weighted by atomic mass is 10.2. The second-order valence-electron chi connectivity index (χ2n) is 5.34. The third kappa shape index (κ3) is 3.44. The molecule has 0 N–H and O–H groups in total. The second kappa shape index (κ2) is 6.85. The number of rotatable bonds is 6. The molecule has 8 heteroatoms. The summed E-state index contributed by atoms with van der Waals surface area (Å²) in [6.07, 6.45) is 4.35. The Kier molecular flexibility index (Phi) is 5.34. The molecule has 0 bridgehead atoms. The number of hydrogen-bond acceptors (Lipinski definition) is 4. The molecule has 2 heterocycles. The summed E-state index contributed by atoms with van der Waals surface area (Å²) in [6.45, 7) is 5.79. The molecule has 7 nitrogen and oxygen atoms in total. The van der Waals surface area contributed by atoms with Crippen molar-refractivity contribution >= 4 is 10.2 Å². The van der Waals surface area contributed by atoms with Crippen LogP contribution in [0.25, 0.3) is 0 Å². The fraction of sp³-hybridized carbons (Fsp3) is 0.846. The van der Waals surface area contributed by atoms with Crippen molar-refractivity contribution < 1.29 is 8.42 Å². The molecule has 0 amide bonds. The Bertz CT molecular complexity index is 565. The molecular weight excluding hydrogens is 290 g/mol. The predicted molar refractivity (Wildman–Crippen MR) is 80.9 cm³/mol. The number of nitrogens with zero attached hydrogens (tertiary/aromatic N) is 5. The van der Waals surface area contributed by atoms with Gasteiger partial charge >= 0.3 is 0 Å². The molecule has 0 unspecified atom stereocenters. The lowest BCUT2D eigenvalue weighted by molar-refractivity contribution is 0.367. The molecule has 0 saturated heterocycles. The van der Waals surface area contributed by atoms with Crippen molar-refractivity contribution in [2.24, 2.45) is 0 Å². The summed E-state index contributed by atoms with van der Waals surface area (Å²) in [5.41, 5.74) is 0. The molecule has 1 aliphatic rings. The Morgan fingerprint density at radius 2 is 1.86 bits per heavy atom. The maximum Gasteiger partial charge on any atom is 0.282 e. The third-order valence-corrected chi connectivity index (χ3v) is 6.06. The molecule has 0 atom stereocenters. The minimum Gasteiger partial charge on any atom is -0.314 e. The fourth-order valence-electron chi connectivity index (χ4n) is 2.69. The van der Waals surface area contributed by atoms with Crippen LogP contribution in [0.1, 0.15) is 44.8 Å². The first-order chi connectivity index (χ1) is 10.0. The van der Waals surface area contributed by atoms with Crippen molar-refractivity contribution in [3.05, 3.63) is 11.6 Å². The molecule has 0 saturated carbocycles. The first kappa shape index (κ1) is 16.4. The Hall–Kier alpha value is -0.990. The third-order valence-electron chi connectivity index (χ3n) is 3.98. The van der Waals surface area contributed by atoms with Crippen LogP contribution in [0.3, 0.4) is 0 Å². The number of hydrogen-bond donors (Lipinski definition) is 0. The number of fused-ring (bicyclic) bond motifs is 1. The van der Waals surface area contributed by atoms with Gasteiger partial charge in [0.2, 0.25) is 0 Å².